The molecule has 0 amide bonds. The fourth-order valence-corrected chi connectivity index (χ4v) is 3.10. The van der Waals surface area contributed by atoms with Crippen LogP contribution in [0.15, 0.2) is 35.4 Å². The van der Waals surface area contributed by atoms with Crippen LogP contribution in [0.4, 0.5) is 17.8 Å². The van der Waals surface area contributed by atoms with Gasteiger partial charge in [0.25, 0.3) is 0 Å². The molecule has 0 radical (unpaired) electrons. The van der Waals surface area contributed by atoms with Crippen LogP contribution < -0.4 is 32.9 Å². The first-order chi connectivity index (χ1) is 13.4. The summed E-state index contributed by atoms with van der Waals surface area (Å²) >= 11 is 0. The summed E-state index contributed by atoms with van der Waals surface area (Å²) < 4.78 is 5.45. The monoisotopic (exact) mass is 404 g/mol. The van der Waals surface area contributed by atoms with Crippen molar-refractivity contribution in [3.8, 4) is 0 Å². The minimum Gasteiger partial charge on any atom is -1.00 e. The lowest BCUT2D eigenvalue weighted by molar-refractivity contribution is -0.655. The number of anilines is 3. The first-order valence-corrected chi connectivity index (χ1v) is 9.38. The predicted molar refractivity (Wildman–Crippen MR) is 104 cm³/mol. The highest BCUT2D eigenvalue weighted by Gasteiger charge is 2.21. The standard InChI is InChI=1S/C18H24N8O.ClH/c1-2-4-15(5-3-1)14-20-24-16-21-17(25-8-6-19-7-9-25)23-18(22-16)26-10-12-27-13-11-26;/h1-5,14,19H,6-13H2,(H,21,22,23,24);1H/b20-14+;. The highest BCUT2D eigenvalue weighted by atomic mass is 35.5. The van der Waals surface area contributed by atoms with Gasteiger partial charge in [-0.05, 0) is 5.56 Å². The van der Waals surface area contributed by atoms with Crippen LogP contribution in [0, 0.1) is 0 Å². The zero-order valence-electron chi connectivity index (χ0n) is 15.7. The Morgan fingerprint density at radius 1 is 0.929 bits per heavy atom. The third kappa shape index (κ3) is 5.28. The summed E-state index contributed by atoms with van der Waals surface area (Å²) in [6.45, 7) is 6.90. The maximum absolute atomic E-state index is 5.45. The lowest BCUT2D eigenvalue weighted by atomic mass is 10.2. The molecule has 0 aliphatic carbocycles. The molecule has 3 heterocycles. The zero-order valence-corrected chi connectivity index (χ0v) is 16.4. The van der Waals surface area contributed by atoms with Crippen molar-refractivity contribution in [3.63, 3.8) is 0 Å². The molecule has 0 unspecified atom stereocenters. The Labute approximate surface area is 170 Å². The maximum atomic E-state index is 5.45. The van der Waals surface area contributed by atoms with Crippen molar-refractivity contribution < 1.29 is 22.5 Å². The number of hydrazone groups is 1. The summed E-state index contributed by atoms with van der Waals surface area (Å²) in [6.07, 6.45) is 1.76. The highest BCUT2D eigenvalue weighted by Crippen LogP contribution is 2.17. The molecule has 0 atom stereocenters. The van der Waals surface area contributed by atoms with Gasteiger partial charge in [-0.25, -0.2) is 5.43 Å². The van der Waals surface area contributed by atoms with Crippen LogP contribution in [0.25, 0.3) is 0 Å². The van der Waals surface area contributed by atoms with Gasteiger partial charge in [0.15, 0.2) is 0 Å². The summed E-state index contributed by atoms with van der Waals surface area (Å²) in [5.41, 5.74) is 3.98. The van der Waals surface area contributed by atoms with Crippen LogP contribution in [0.1, 0.15) is 5.56 Å². The summed E-state index contributed by atoms with van der Waals surface area (Å²) in [6, 6.07) is 9.92. The van der Waals surface area contributed by atoms with Crippen molar-refractivity contribution in [2.24, 2.45) is 5.10 Å². The fourth-order valence-electron chi connectivity index (χ4n) is 3.10. The average molecular weight is 405 g/mol. The molecule has 2 aliphatic rings. The van der Waals surface area contributed by atoms with E-state index in [4.69, 9.17) is 9.72 Å². The van der Waals surface area contributed by atoms with Crippen molar-refractivity contribution >= 4 is 24.1 Å². The minimum absolute atomic E-state index is 0. The summed E-state index contributed by atoms with van der Waals surface area (Å²) in [5.74, 6) is 1.84. The van der Waals surface area contributed by atoms with Crippen LogP contribution in [-0.2, 0) is 4.74 Å². The number of halogens is 1. The van der Waals surface area contributed by atoms with E-state index in [0.717, 1.165) is 44.8 Å². The predicted octanol–water partition coefficient (Wildman–Crippen LogP) is -3.46. The van der Waals surface area contributed by atoms with Gasteiger partial charge < -0.3 is 32.3 Å². The van der Waals surface area contributed by atoms with Crippen LogP contribution in [0.2, 0.25) is 0 Å². The quantitative estimate of drug-likeness (QED) is 0.395. The molecular formula is C18H25ClN8O. The van der Waals surface area contributed by atoms with E-state index in [1.807, 2.05) is 30.3 Å². The number of nitrogens with zero attached hydrogens (tertiary/aromatic N) is 6. The number of quaternary nitrogens is 1. The molecule has 2 aromatic rings. The van der Waals surface area contributed by atoms with Gasteiger partial charge in [-0.15, -0.1) is 0 Å². The molecule has 1 aromatic carbocycles. The number of ether oxygens (including phenoxy) is 1. The number of hydrogen-bond acceptors (Lipinski definition) is 8. The van der Waals surface area contributed by atoms with E-state index in [1.165, 1.54) is 0 Å². The van der Waals surface area contributed by atoms with E-state index < -0.39 is 0 Å². The molecule has 3 N–H and O–H groups in total. The molecular weight excluding hydrogens is 380 g/mol. The Bertz CT molecular complexity index is 727. The SMILES string of the molecule is C(=N\Nc1nc(N2CC[NH2+]CC2)nc(N2CCOCC2)n1)/c1ccccc1.[Cl-]. The van der Waals surface area contributed by atoms with E-state index in [2.05, 4.69) is 35.6 Å². The van der Waals surface area contributed by atoms with E-state index in [-0.39, 0.29) is 12.4 Å². The second-order valence-electron chi connectivity index (χ2n) is 6.49. The second-order valence-corrected chi connectivity index (χ2v) is 6.49. The van der Waals surface area contributed by atoms with Gasteiger partial charge in [-0.2, -0.15) is 20.1 Å². The van der Waals surface area contributed by atoms with Crippen molar-refractivity contribution in [3.05, 3.63) is 35.9 Å². The van der Waals surface area contributed by atoms with Crippen molar-refractivity contribution in [1.82, 2.24) is 15.0 Å². The van der Waals surface area contributed by atoms with Gasteiger partial charge in [-0.3, -0.25) is 0 Å². The molecule has 0 saturated carbocycles. The summed E-state index contributed by atoms with van der Waals surface area (Å²) in [4.78, 5) is 18.2. The lowest BCUT2D eigenvalue weighted by Gasteiger charge is -2.29. The average Bonchev–Trinajstić information content (AvgIpc) is 2.76. The third-order valence-electron chi connectivity index (χ3n) is 4.57. The molecule has 0 spiro atoms. The van der Waals surface area contributed by atoms with E-state index in [1.54, 1.807) is 6.21 Å². The van der Waals surface area contributed by atoms with E-state index >= 15 is 0 Å². The largest absolute Gasteiger partial charge is 1.00 e. The summed E-state index contributed by atoms with van der Waals surface area (Å²) in [7, 11) is 0. The zero-order chi connectivity index (χ0) is 18.3. The molecule has 4 rings (SSSR count). The number of nitrogens with one attached hydrogen (secondary N) is 1. The van der Waals surface area contributed by atoms with Crippen molar-refractivity contribution in [2.75, 3.05) is 67.7 Å². The normalized spacial score (nSPS) is 17.4. The van der Waals surface area contributed by atoms with Gasteiger partial charge in [0.1, 0.15) is 0 Å². The number of piperazine rings is 1. The van der Waals surface area contributed by atoms with Gasteiger partial charge in [0.2, 0.25) is 17.8 Å². The van der Waals surface area contributed by atoms with Crippen LogP contribution in [0.3, 0.4) is 0 Å². The Hall–Kier alpha value is -2.49. The Kier molecular flexibility index (Phi) is 7.35. The summed E-state index contributed by atoms with van der Waals surface area (Å²) in [5, 5.41) is 6.60. The molecule has 9 nitrogen and oxygen atoms in total. The Morgan fingerprint density at radius 3 is 2.25 bits per heavy atom. The topological polar surface area (TPSA) is 95.4 Å². The molecule has 1 aromatic heterocycles. The molecule has 10 heteroatoms. The Balaban J connectivity index is 0.00000225. The highest BCUT2D eigenvalue weighted by molar-refractivity contribution is 5.79. The minimum atomic E-state index is 0. The first kappa shape index (κ1) is 20.2. The number of nitrogens with two attached hydrogens (primary N) is 1. The number of hydrogen-bond donors (Lipinski definition) is 2. The van der Waals surface area contributed by atoms with Crippen LogP contribution in [0.5, 0.6) is 0 Å². The third-order valence-corrected chi connectivity index (χ3v) is 4.57. The van der Waals surface area contributed by atoms with Crippen molar-refractivity contribution in [2.45, 2.75) is 0 Å². The number of morpholine rings is 1. The van der Waals surface area contributed by atoms with Crippen molar-refractivity contribution in [1.29, 1.82) is 0 Å². The fraction of sp³-hybridized carbons (Fsp3) is 0.444. The molecule has 2 fully saturated rings. The molecule has 150 valence electrons. The molecule has 2 aliphatic heterocycles. The number of aromatic nitrogens is 3. The van der Waals surface area contributed by atoms with Crippen LogP contribution >= 0.6 is 0 Å². The van der Waals surface area contributed by atoms with Gasteiger partial charge in [0, 0.05) is 13.1 Å². The maximum Gasteiger partial charge on any atom is 0.250 e. The first-order valence-electron chi connectivity index (χ1n) is 9.38. The second kappa shape index (κ2) is 10.2. The Morgan fingerprint density at radius 2 is 1.57 bits per heavy atom. The molecule has 2 saturated heterocycles. The van der Waals surface area contributed by atoms with E-state index in [9.17, 15) is 0 Å². The number of rotatable bonds is 5. The smallest absolute Gasteiger partial charge is 0.250 e. The van der Waals surface area contributed by atoms with Gasteiger partial charge >= 0.3 is 0 Å². The molecule has 28 heavy (non-hydrogen) atoms. The van der Waals surface area contributed by atoms with Gasteiger partial charge in [-0.1, -0.05) is 30.3 Å². The van der Waals surface area contributed by atoms with Crippen LogP contribution in [-0.4, -0.2) is 73.6 Å². The van der Waals surface area contributed by atoms with Gasteiger partial charge in [0.05, 0.1) is 45.6 Å². The lowest BCUT2D eigenvalue weighted by Crippen LogP contribution is -3.00. The molecule has 0 bridgehead atoms. The number of benzene rings is 1. The van der Waals surface area contributed by atoms with E-state index in [0.29, 0.717) is 31.1 Å².